The Hall–Kier alpha value is -3.13. The van der Waals surface area contributed by atoms with Crippen LogP contribution in [0.2, 0.25) is 5.02 Å². The molecule has 3 amide bonds. The molecule has 31 heavy (non-hydrogen) atoms. The molecular weight excluding hydrogens is 425 g/mol. The zero-order valence-electron chi connectivity index (χ0n) is 17.7. The van der Waals surface area contributed by atoms with Crippen LogP contribution < -0.4 is 10.6 Å². The fourth-order valence-corrected chi connectivity index (χ4v) is 3.46. The van der Waals surface area contributed by atoms with Crippen molar-refractivity contribution in [1.29, 1.82) is 0 Å². The lowest BCUT2D eigenvalue weighted by Gasteiger charge is -2.38. The molecular formula is C22H25ClFN3O4. The summed E-state index contributed by atoms with van der Waals surface area (Å²) >= 11 is 6.20. The van der Waals surface area contributed by atoms with Crippen LogP contribution in [-0.4, -0.2) is 39.5 Å². The second-order valence-electron chi connectivity index (χ2n) is 7.83. The summed E-state index contributed by atoms with van der Waals surface area (Å²) in [4.78, 5) is 38.7. The first-order valence-corrected chi connectivity index (χ1v) is 10.0. The van der Waals surface area contributed by atoms with Gasteiger partial charge in [0, 0.05) is 5.54 Å². The Morgan fingerprint density at radius 1 is 1.06 bits per heavy atom. The topological polar surface area (TPSA) is 98.7 Å². The van der Waals surface area contributed by atoms with Crippen LogP contribution in [0.15, 0.2) is 42.5 Å². The first-order chi connectivity index (χ1) is 14.5. The van der Waals surface area contributed by atoms with Crippen LogP contribution in [-0.2, 0) is 4.79 Å². The molecule has 3 N–H and O–H groups in total. The molecule has 9 heteroatoms. The highest BCUT2D eigenvalue weighted by atomic mass is 35.5. The highest BCUT2D eigenvalue weighted by Crippen LogP contribution is 2.28. The van der Waals surface area contributed by atoms with Gasteiger partial charge in [-0.2, -0.15) is 0 Å². The molecule has 0 aromatic heterocycles. The average Bonchev–Trinajstić information content (AvgIpc) is 2.66. The number of hydrogen-bond acceptors (Lipinski definition) is 3. The van der Waals surface area contributed by atoms with E-state index in [1.807, 2.05) is 0 Å². The van der Waals surface area contributed by atoms with Crippen molar-refractivity contribution < 1.29 is 23.9 Å². The number of rotatable bonds is 6. The lowest BCUT2D eigenvalue weighted by molar-refractivity contribution is -0.122. The lowest BCUT2D eigenvalue weighted by Crippen LogP contribution is -2.55. The van der Waals surface area contributed by atoms with E-state index in [-0.39, 0.29) is 28.4 Å². The summed E-state index contributed by atoms with van der Waals surface area (Å²) in [5, 5.41) is 14.7. The van der Waals surface area contributed by atoms with E-state index in [2.05, 4.69) is 10.6 Å². The highest BCUT2D eigenvalue weighted by Gasteiger charge is 2.36. The van der Waals surface area contributed by atoms with E-state index < -0.39 is 35.3 Å². The van der Waals surface area contributed by atoms with Crippen LogP contribution in [0.5, 0.6) is 0 Å². The van der Waals surface area contributed by atoms with Crippen molar-refractivity contribution >= 4 is 40.9 Å². The predicted octanol–water partition coefficient (Wildman–Crippen LogP) is 5.23. The molecule has 0 heterocycles. The molecule has 1 unspecified atom stereocenters. The Morgan fingerprint density at radius 2 is 1.68 bits per heavy atom. The van der Waals surface area contributed by atoms with Crippen molar-refractivity contribution in [3.05, 3.63) is 58.9 Å². The molecule has 0 aliphatic carbocycles. The minimum Gasteiger partial charge on any atom is -0.465 e. The second-order valence-corrected chi connectivity index (χ2v) is 8.24. The molecule has 1 atom stereocenters. The van der Waals surface area contributed by atoms with Crippen molar-refractivity contribution in [2.45, 2.75) is 45.7 Å². The van der Waals surface area contributed by atoms with Gasteiger partial charge in [0.1, 0.15) is 11.9 Å². The average molecular weight is 450 g/mol. The monoisotopic (exact) mass is 449 g/mol. The molecule has 0 radical (unpaired) electrons. The highest BCUT2D eigenvalue weighted by molar-refractivity contribution is 6.35. The maximum atomic E-state index is 13.9. The van der Waals surface area contributed by atoms with Gasteiger partial charge >= 0.3 is 6.09 Å². The van der Waals surface area contributed by atoms with Gasteiger partial charge in [-0.1, -0.05) is 36.7 Å². The van der Waals surface area contributed by atoms with Crippen molar-refractivity contribution in [3.63, 3.8) is 0 Å². The van der Waals surface area contributed by atoms with Crippen LogP contribution in [0.3, 0.4) is 0 Å². The molecule has 2 rings (SSSR count). The SMILES string of the molecule is CCC(C(=O)Nc1cccc(Cl)c1C(=O)Nc1ccccc1F)N(C(=O)O)C(C)(C)C. The van der Waals surface area contributed by atoms with Gasteiger partial charge in [0.15, 0.2) is 0 Å². The van der Waals surface area contributed by atoms with Gasteiger partial charge in [-0.3, -0.25) is 14.5 Å². The third-order valence-corrected chi connectivity index (χ3v) is 4.87. The number of benzene rings is 2. The van der Waals surface area contributed by atoms with Crippen LogP contribution in [0.4, 0.5) is 20.6 Å². The smallest absolute Gasteiger partial charge is 0.408 e. The summed E-state index contributed by atoms with van der Waals surface area (Å²) in [6.45, 7) is 6.74. The third-order valence-electron chi connectivity index (χ3n) is 4.55. The number of para-hydroxylation sites is 1. The fraction of sp³-hybridized carbons (Fsp3) is 0.318. The van der Waals surface area contributed by atoms with Gasteiger partial charge in [-0.15, -0.1) is 0 Å². The molecule has 0 spiro atoms. The maximum absolute atomic E-state index is 13.9. The standard InChI is InChI=1S/C22H25ClFN3O4/c1-5-17(27(21(30)31)22(2,3)4)19(28)26-16-12-8-9-13(23)18(16)20(29)25-15-11-7-6-10-14(15)24/h6-12,17H,5H2,1-4H3,(H,25,29)(H,26,28)(H,30,31). The minimum atomic E-state index is -1.24. The van der Waals surface area contributed by atoms with Gasteiger partial charge in [0.2, 0.25) is 5.91 Å². The summed E-state index contributed by atoms with van der Waals surface area (Å²) < 4.78 is 13.9. The normalized spacial score (nSPS) is 12.1. The number of carbonyl (C=O) groups excluding carboxylic acids is 2. The van der Waals surface area contributed by atoms with Crippen LogP contribution in [0, 0.1) is 5.82 Å². The summed E-state index contributed by atoms with van der Waals surface area (Å²) in [7, 11) is 0. The van der Waals surface area contributed by atoms with E-state index in [1.165, 1.54) is 36.4 Å². The maximum Gasteiger partial charge on any atom is 0.408 e. The van der Waals surface area contributed by atoms with Crippen molar-refractivity contribution in [2.75, 3.05) is 10.6 Å². The Morgan fingerprint density at radius 3 is 2.23 bits per heavy atom. The first kappa shape index (κ1) is 24.1. The first-order valence-electron chi connectivity index (χ1n) is 9.64. The molecule has 0 saturated carbocycles. The van der Waals surface area contributed by atoms with E-state index in [0.29, 0.717) is 0 Å². The van der Waals surface area contributed by atoms with Crippen molar-refractivity contribution in [2.24, 2.45) is 0 Å². The number of nitrogens with zero attached hydrogens (tertiary/aromatic N) is 1. The summed E-state index contributed by atoms with van der Waals surface area (Å²) in [6, 6.07) is 9.11. The summed E-state index contributed by atoms with van der Waals surface area (Å²) in [5.74, 6) is -1.95. The number of amides is 3. The van der Waals surface area contributed by atoms with E-state index in [1.54, 1.807) is 33.8 Å². The summed E-state index contributed by atoms with van der Waals surface area (Å²) in [5.41, 5.74) is -0.846. The number of halogens is 2. The van der Waals surface area contributed by atoms with Crippen LogP contribution >= 0.6 is 11.6 Å². The zero-order valence-corrected chi connectivity index (χ0v) is 18.5. The molecule has 0 aliphatic heterocycles. The molecule has 7 nitrogen and oxygen atoms in total. The zero-order chi connectivity index (χ0) is 23.3. The van der Waals surface area contributed by atoms with Crippen molar-refractivity contribution in [1.82, 2.24) is 4.90 Å². The Bertz CT molecular complexity index is 991. The Balaban J connectivity index is 2.36. The van der Waals surface area contributed by atoms with E-state index >= 15 is 0 Å². The largest absolute Gasteiger partial charge is 0.465 e. The van der Waals surface area contributed by atoms with Crippen molar-refractivity contribution in [3.8, 4) is 0 Å². The molecule has 0 bridgehead atoms. The molecule has 2 aromatic carbocycles. The van der Waals surface area contributed by atoms with Gasteiger partial charge in [0.25, 0.3) is 5.91 Å². The third kappa shape index (κ3) is 5.73. The molecule has 0 aliphatic rings. The summed E-state index contributed by atoms with van der Waals surface area (Å²) in [6.07, 6.45) is -1.02. The number of carbonyl (C=O) groups is 3. The molecule has 0 saturated heterocycles. The second kappa shape index (κ2) is 9.78. The van der Waals surface area contributed by atoms with Gasteiger partial charge in [-0.25, -0.2) is 9.18 Å². The predicted molar refractivity (Wildman–Crippen MR) is 118 cm³/mol. The molecule has 166 valence electrons. The lowest BCUT2D eigenvalue weighted by atomic mass is 10.0. The Kier molecular flexibility index (Phi) is 7.62. The number of nitrogens with one attached hydrogen (secondary N) is 2. The minimum absolute atomic E-state index is 0.0408. The van der Waals surface area contributed by atoms with Gasteiger partial charge in [0.05, 0.1) is 22.0 Å². The van der Waals surface area contributed by atoms with Gasteiger partial charge < -0.3 is 15.7 Å². The Labute approximate surface area is 185 Å². The number of carboxylic acid groups (broad SMARTS) is 1. The van der Waals surface area contributed by atoms with E-state index in [4.69, 9.17) is 11.6 Å². The molecule has 0 fully saturated rings. The van der Waals surface area contributed by atoms with E-state index in [0.717, 1.165) is 4.90 Å². The van der Waals surface area contributed by atoms with Crippen LogP contribution in [0.25, 0.3) is 0 Å². The fourth-order valence-electron chi connectivity index (χ4n) is 3.20. The number of hydrogen-bond donors (Lipinski definition) is 3. The van der Waals surface area contributed by atoms with Gasteiger partial charge in [-0.05, 0) is 51.5 Å². The van der Waals surface area contributed by atoms with E-state index in [9.17, 15) is 23.9 Å². The molecule has 2 aromatic rings. The quantitative estimate of drug-likeness (QED) is 0.562. The van der Waals surface area contributed by atoms with Crippen LogP contribution in [0.1, 0.15) is 44.5 Å². The number of anilines is 2.